The molecule has 1 aliphatic rings. The van der Waals surface area contributed by atoms with Crippen molar-refractivity contribution in [2.75, 3.05) is 32.6 Å². The van der Waals surface area contributed by atoms with E-state index in [1.54, 1.807) is 6.07 Å². The van der Waals surface area contributed by atoms with Crippen LogP contribution in [-0.4, -0.2) is 82.9 Å². The Morgan fingerprint density at radius 1 is 1.15 bits per heavy atom. The number of nitrogens with one attached hydrogen (secondary N) is 1. The molecule has 0 saturated carbocycles. The quantitative estimate of drug-likeness (QED) is 0.207. The molecule has 1 aromatic heterocycles. The van der Waals surface area contributed by atoms with Crippen LogP contribution in [0.25, 0.3) is 22.0 Å². The van der Waals surface area contributed by atoms with E-state index < -0.39 is 20.5 Å². The number of aromatic nitrogens is 2. The van der Waals surface area contributed by atoms with E-state index in [4.69, 9.17) is 19.8 Å². The van der Waals surface area contributed by atoms with Crippen molar-refractivity contribution in [3.05, 3.63) is 64.7 Å². The number of nitrogens with zero attached hydrogens (tertiary/aromatic N) is 3. The van der Waals surface area contributed by atoms with E-state index in [2.05, 4.69) is 34.1 Å². The number of hydroxylamine groups is 1. The molecule has 0 aliphatic carbocycles. The number of carbonyl (C=O) groups is 2. The molecule has 1 unspecified atom stereocenters. The minimum atomic E-state index is -3.87. The van der Waals surface area contributed by atoms with Gasteiger partial charge in [0.2, 0.25) is 0 Å². The van der Waals surface area contributed by atoms with Crippen LogP contribution in [0.5, 0.6) is 0 Å². The minimum Gasteiger partial charge on any atom is -0.483 e. The van der Waals surface area contributed by atoms with E-state index in [9.17, 15) is 18.0 Å². The number of carbonyl (C=O) groups excluding carboxylic acids is 1. The van der Waals surface area contributed by atoms with Crippen LogP contribution < -0.4 is 11.0 Å². The van der Waals surface area contributed by atoms with Crippen LogP contribution in [0.3, 0.4) is 0 Å². The van der Waals surface area contributed by atoms with Crippen LogP contribution in [0.4, 0.5) is 0 Å². The van der Waals surface area contributed by atoms with Crippen molar-refractivity contribution in [1.82, 2.24) is 19.9 Å². The summed E-state index contributed by atoms with van der Waals surface area (Å²) < 4.78 is 29.1. The number of fused-ring (bicyclic) bond motifs is 1. The molecule has 0 spiro atoms. The number of carboxylic acid groups (broad SMARTS) is 1. The van der Waals surface area contributed by atoms with Crippen LogP contribution in [0.2, 0.25) is 0 Å². The SMILES string of the molecule is CC(CCn1cnc2cc(-c3ccc(CN4CCOCC4)cc3)ccc2c1=O)(C(=O)NO)S(C)(=O)=O.O=CO. The van der Waals surface area contributed by atoms with E-state index in [1.165, 1.54) is 28.9 Å². The van der Waals surface area contributed by atoms with Crippen LogP contribution in [-0.2, 0) is 37.3 Å². The van der Waals surface area contributed by atoms with Gasteiger partial charge < -0.3 is 9.84 Å². The average Bonchev–Trinajstić information content (AvgIpc) is 2.92. The number of sulfone groups is 1. The van der Waals surface area contributed by atoms with Gasteiger partial charge in [0.1, 0.15) is 0 Å². The maximum atomic E-state index is 13.0. The van der Waals surface area contributed by atoms with Gasteiger partial charge in [-0.1, -0.05) is 30.3 Å². The molecule has 1 atom stereocenters. The summed E-state index contributed by atoms with van der Waals surface area (Å²) in [4.78, 5) is 40.2. The van der Waals surface area contributed by atoms with Crippen molar-refractivity contribution in [1.29, 1.82) is 0 Å². The molecular weight excluding hydrogens is 528 g/mol. The third-order valence-corrected chi connectivity index (χ3v) is 8.88. The number of amides is 1. The van der Waals surface area contributed by atoms with Crippen molar-refractivity contribution in [2.45, 2.75) is 31.2 Å². The van der Waals surface area contributed by atoms with Gasteiger partial charge in [0, 0.05) is 32.4 Å². The molecule has 1 amide bonds. The molecule has 3 aromatic rings. The van der Waals surface area contributed by atoms with Crippen molar-refractivity contribution in [2.24, 2.45) is 0 Å². The second-order valence-electron chi connectivity index (χ2n) is 9.36. The summed E-state index contributed by atoms with van der Waals surface area (Å²) in [6.07, 6.45) is 2.06. The van der Waals surface area contributed by atoms with E-state index in [0.29, 0.717) is 10.9 Å². The maximum Gasteiger partial charge on any atom is 0.290 e. The summed E-state index contributed by atoms with van der Waals surface area (Å²) in [5.74, 6) is -1.05. The van der Waals surface area contributed by atoms with Gasteiger partial charge in [-0.3, -0.25) is 29.1 Å². The number of hydrogen-bond donors (Lipinski definition) is 3. The first kappa shape index (κ1) is 29.9. The van der Waals surface area contributed by atoms with E-state index in [-0.39, 0.29) is 25.0 Å². The summed E-state index contributed by atoms with van der Waals surface area (Å²) in [6, 6.07) is 13.7. The van der Waals surface area contributed by atoms with Crippen LogP contribution in [0.1, 0.15) is 18.9 Å². The topological polar surface area (TPSA) is 168 Å². The summed E-state index contributed by atoms with van der Waals surface area (Å²) in [7, 11) is -3.87. The number of aryl methyl sites for hydroxylation is 1. The zero-order valence-electron chi connectivity index (χ0n) is 21.7. The number of benzene rings is 2. The second kappa shape index (κ2) is 12.9. The first-order valence-electron chi connectivity index (χ1n) is 12.1. The monoisotopic (exact) mass is 560 g/mol. The zero-order valence-corrected chi connectivity index (χ0v) is 22.6. The smallest absolute Gasteiger partial charge is 0.290 e. The average molecular weight is 561 g/mol. The Bertz CT molecular complexity index is 1470. The van der Waals surface area contributed by atoms with Crippen LogP contribution in [0.15, 0.2) is 53.6 Å². The van der Waals surface area contributed by atoms with Gasteiger partial charge in [-0.2, -0.15) is 0 Å². The van der Waals surface area contributed by atoms with Gasteiger partial charge >= 0.3 is 0 Å². The molecule has 4 rings (SSSR count). The molecule has 0 radical (unpaired) electrons. The van der Waals surface area contributed by atoms with Crippen molar-refractivity contribution in [3.8, 4) is 11.1 Å². The van der Waals surface area contributed by atoms with Gasteiger partial charge in [0.25, 0.3) is 17.9 Å². The fourth-order valence-corrected chi connectivity index (χ4v) is 5.08. The summed E-state index contributed by atoms with van der Waals surface area (Å²) in [6.45, 7) is 5.16. The zero-order chi connectivity index (χ0) is 28.6. The third-order valence-electron chi connectivity index (χ3n) is 6.85. The number of rotatable bonds is 8. The van der Waals surface area contributed by atoms with Gasteiger partial charge in [0.15, 0.2) is 14.6 Å². The Labute approximate surface area is 225 Å². The van der Waals surface area contributed by atoms with E-state index >= 15 is 0 Å². The third kappa shape index (κ3) is 7.06. The van der Waals surface area contributed by atoms with Gasteiger partial charge in [-0.05, 0) is 42.2 Å². The van der Waals surface area contributed by atoms with Crippen molar-refractivity contribution >= 4 is 33.1 Å². The number of morpholine rings is 1. The summed E-state index contributed by atoms with van der Waals surface area (Å²) >= 11 is 0. The molecule has 12 nitrogen and oxygen atoms in total. The second-order valence-corrected chi connectivity index (χ2v) is 11.8. The van der Waals surface area contributed by atoms with Gasteiger partial charge in [-0.25, -0.2) is 18.9 Å². The molecule has 0 bridgehead atoms. The molecule has 210 valence electrons. The minimum absolute atomic E-state index is 0.0644. The largest absolute Gasteiger partial charge is 0.483 e. The fourth-order valence-electron chi connectivity index (χ4n) is 4.24. The molecule has 13 heteroatoms. The lowest BCUT2D eigenvalue weighted by atomic mass is 10.0. The maximum absolute atomic E-state index is 13.0. The van der Waals surface area contributed by atoms with Gasteiger partial charge in [-0.15, -0.1) is 0 Å². The Balaban J connectivity index is 0.00000134. The molecular formula is C26H32N4O8S. The lowest BCUT2D eigenvalue weighted by molar-refractivity contribution is -0.131. The Hall–Kier alpha value is -3.65. The number of hydrogen-bond acceptors (Lipinski definition) is 9. The number of ether oxygens (including phenoxy) is 1. The van der Waals surface area contributed by atoms with Crippen LogP contribution in [0, 0.1) is 0 Å². The molecule has 1 aliphatic heterocycles. The van der Waals surface area contributed by atoms with Gasteiger partial charge in [0.05, 0.1) is 30.4 Å². The first-order valence-corrected chi connectivity index (χ1v) is 14.0. The molecule has 2 heterocycles. The van der Waals surface area contributed by atoms with E-state index in [1.807, 2.05) is 12.1 Å². The summed E-state index contributed by atoms with van der Waals surface area (Å²) in [5.41, 5.74) is 4.74. The molecule has 3 N–H and O–H groups in total. The Morgan fingerprint density at radius 2 is 1.77 bits per heavy atom. The standard InChI is InChI=1S/C25H30N4O6S.CH2O2/c1-25(24(31)27-32,36(2,33)34)9-10-29-17-26-22-15-20(7-8-21(22)23(29)30)19-5-3-18(4-6-19)16-28-11-13-35-14-12-28;2-1-3/h3-8,15,17,32H,9-14,16H2,1-2H3,(H,27,31);1H,(H,2,3). The molecule has 39 heavy (non-hydrogen) atoms. The highest BCUT2D eigenvalue weighted by Gasteiger charge is 2.43. The predicted octanol–water partition coefficient (Wildman–Crippen LogP) is 1.30. The molecule has 1 saturated heterocycles. The highest BCUT2D eigenvalue weighted by Crippen LogP contribution is 2.24. The van der Waals surface area contributed by atoms with Crippen LogP contribution >= 0.6 is 0 Å². The molecule has 2 aromatic carbocycles. The Kier molecular flexibility index (Phi) is 9.92. The van der Waals surface area contributed by atoms with Crippen molar-refractivity contribution in [3.63, 3.8) is 0 Å². The Morgan fingerprint density at radius 3 is 2.36 bits per heavy atom. The highest BCUT2D eigenvalue weighted by atomic mass is 32.2. The van der Waals surface area contributed by atoms with Crippen molar-refractivity contribution < 1.29 is 33.1 Å². The fraction of sp³-hybridized carbons (Fsp3) is 0.385. The normalized spacial score (nSPS) is 15.6. The molecule has 1 fully saturated rings. The van der Waals surface area contributed by atoms with E-state index in [0.717, 1.165) is 50.2 Å². The predicted molar refractivity (Wildman–Crippen MR) is 144 cm³/mol. The lowest BCUT2D eigenvalue weighted by Gasteiger charge is -2.26. The highest BCUT2D eigenvalue weighted by molar-refractivity contribution is 7.92. The first-order chi connectivity index (χ1) is 18.5. The lowest BCUT2D eigenvalue weighted by Crippen LogP contribution is -2.50. The summed E-state index contributed by atoms with van der Waals surface area (Å²) in [5, 5.41) is 16.3.